The third kappa shape index (κ3) is 3.87. The summed E-state index contributed by atoms with van der Waals surface area (Å²) in [6.45, 7) is 1.44. The standard InChI is InChI=1S/C22H19N3O5S/c1-2-12-8-17(19(27)10-18(12)26)25-21(22(31)23-24-25)15-5-3-4-13-6-7-14(9-16(13)15)30-11-20(28)29/h3-10,26-27,31H,2,11H2,1H3,(H,28,29). The lowest BCUT2D eigenvalue weighted by Gasteiger charge is -2.14. The Balaban J connectivity index is 1.91. The number of aliphatic carboxylic acids is 1. The van der Waals surface area contributed by atoms with Gasteiger partial charge in [-0.15, -0.1) is 17.7 Å². The lowest BCUT2D eigenvalue weighted by Crippen LogP contribution is -2.09. The van der Waals surface area contributed by atoms with Crippen molar-refractivity contribution in [3.05, 3.63) is 54.1 Å². The number of fused-ring (bicyclic) bond motifs is 1. The molecule has 0 radical (unpaired) electrons. The van der Waals surface area contributed by atoms with Crippen LogP contribution in [0.15, 0.2) is 53.6 Å². The average molecular weight is 437 g/mol. The molecule has 4 rings (SSSR count). The molecule has 0 unspecified atom stereocenters. The number of aryl methyl sites for hydroxylation is 1. The van der Waals surface area contributed by atoms with E-state index in [2.05, 4.69) is 22.9 Å². The molecule has 8 nitrogen and oxygen atoms in total. The fraction of sp³-hybridized carbons (Fsp3) is 0.136. The van der Waals surface area contributed by atoms with Crippen molar-refractivity contribution in [1.82, 2.24) is 15.0 Å². The SMILES string of the molecule is CCc1cc(-n2nnc(S)c2-c2cccc3ccc(OCC(=O)O)cc23)c(O)cc1O. The van der Waals surface area contributed by atoms with Gasteiger partial charge in [0.15, 0.2) is 6.61 Å². The fourth-order valence-corrected chi connectivity index (χ4v) is 3.69. The minimum absolute atomic E-state index is 0.00175. The van der Waals surface area contributed by atoms with Crippen molar-refractivity contribution in [2.24, 2.45) is 0 Å². The highest BCUT2D eigenvalue weighted by molar-refractivity contribution is 7.80. The highest BCUT2D eigenvalue weighted by Crippen LogP contribution is 2.38. The number of hydrogen-bond acceptors (Lipinski definition) is 7. The van der Waals surface area contributed by atoms with Crippen LogP contribution in [0.4, 0.5) is 0 Å². The van der Waals surface area contributed by atoms with Gasteiger partial charge in [-0.3, -0.25) is 0 Å². The van der Waals surface area contributed by atoms with Crippen LogP contribution in [0.5, 0.6) is 17.2 Å². The van der Waals surface area contributed by atoms with E-state index >= 15 is 0 Å². The predicted octanol–water partition coefficient (Wildman–Crippen LogP) is 3.81. The molecule has 1 heterocycles. The van der Waals surface area contributed by atoms with Crippen LogP contribution >= 0.6 is 12.6 Å². The molecule has 0 saturated carbocycles. The number of phenolic OH excluding ortho intramolecular Hbond substituents is 2. The van der Waals surface area contributed by atoms with E-state index in [1.165, 1.54) is 10.7 Å². The molecule has 1 aromatic heterocycles. The van der Waals surface area contributed by atoms with E-state index in [1.54, 1.807) is 18.2 Å². The highest BCUT2D eigenvalue weighted by Gasteiger charge is 2.20. The summed E-state index contributed by atoms with van der Waals surface area (Å²) in [5.41, 5.74) is 2.26. The van der Waals surface area contributed by atoms with Crippen LogP contribution in [0.3, 0.4) is 0 Å². The molecule has 31 heavy (non-hydrogen) atoms. The Morgan fingerprint density at radius 3 is 2.68 bits per heavy atom. The molecule has 9 heteroatoms. The Morgan fingerprint density at radius 2 is 1.94 bits per heavy atom. The van der Waals surface area contributed by atoms with Gasteiger partial charge in [0.25, 0.3) is 0 Å². The molecule has 0 aliphatic carbocycles. The number of hydrogen-bond donors (Lipinski definition) is 4. The average Bonchev–Trinajstić information content (AvgIpc) is 3.12. The van der Waals surface area contributed by atoms with E-state index in [0.717, 1.165) is 16.3 Å². The first-order chi connectivity index (χ1) is 14.9. The fourth-order valence-electron chi connectivity index (χ4n) is 3.43. The van der Waals surface area contributed by atoms with E-state index < -0.39 is 12.6 Å². The molecule has 3 N–H and O–H groups in total. The van der Waals surface area contributed by atoms with Crippen LogP contribution in [0, 0.1) is 0 Å². The minimum atomic E-state index is -1.07. The maximum absolute atomic E-state index is 10.8. The Kier molecular flexibility index (Phi) is 5.43. The third-order valence-corrected chi connectivity index (χ3v) is 5.21. The summed E-state index contributed by atoms with van der Waals surface area (Å²) in [5.74, 6) is -0.813. The zero-order chi connectivity index (χ0) is 22.1. The first kappa shape index (κ1) is 20.5. The molecule has 0 spiro atoms. The molecule has 0 bridgehead atoms. The van der Waals surface area contributed by atoms with Gasteiger partial charge < -0.3 is 20.1 Å². The molecular formula is C22H19N3O5S. The van der Waals surface area contributed by atoms with E-state index in [4.69, 9.17) is 9.84 Å². The highest BCUT2D eigenvalue weighted by atomic mass is 32.1. The van der Waals surface area contributed by atoms with Crippen molar-refractivity contribution in [2.45, 2.75) is 18.4 Å². The number of thiol groups is 1. The van der Waals surface area contributed by atoms with Gasteiger partial charge >= 0.3 is 5.97 Å². The second kappa shape index (κ2) is 8.19. The number of carboxylic acids is 1. The van der Waals surface area contributed by atoms with E-state index in [0.29, 0.717) is 34.1 Å². The normalized spacial score (nSPS) is 11.0. The van der Waals surface area contributed by atoms with Crippen molar-refractivity contribution in [3.8, 4) is 34.2 Å². The van der Waals surface area contributed by atoms with E-state index in [-0.39, 0.29) is 11.5 Å². The second-order valence-electron chi connectivity index (χ2n) is 6.87. The summed E-state index contributed by atoms with van der Waals surface area (Å²) in [6.07, 6.45) is 0.565. The topological polar surface area (TPSA) is 118 Å². The lowest BCUT2D eigenvalue weighted by molar-refractivity contribution is -0.139. The Hall–Kier alpha value is -3.72. The van der Waals surface area contributed by atoms with Crippen LogP contribution in [0.1, 0.15) is 12.5 Å². The first-order valence-corrected chi connectivity index (χ1v) is 9.91. The first-order valence-electron chi connectivity index (χ1n) is 9.46. The Bertz CT molecular complexity index is 1300. The molecule has 0 amide bonds. The molecule has 0 saturated heterocycles. The van der Waals surface area contributed by atoms with Crippen LogP contribution in [-0.4, -0.2) is 42.9 Å². The predicted molar refractivity (Wildman–Crippen MR) is 117 cm³/mol. The summed E-state index contributed by atoms with van der Waals surface area (Å²) < 4.78 is 6.80. The van der Waals surface area contributed by atoms with Crippen molar-refractivity contribution >= 4 is 29.4 Å². The van der Waals surface area contributed by atoms with Gasteiger partial charge in [0.2, 0.25) is 0 Å². The van der Waals surface area contributed by atoms with Crippen LogP contribution < -0.4 is 4.74 Å². The number of aromatic nitrogens is 3. The second-order valence-corrected chi connectivity index (χ2v) is 7.29. The van der Waals surface area contributed by atoms with Crippen molar-refractivity contribution in [1.29, 1.82) is 0 Å². The maximum Gasteiger partial charge on any atom is 0.341 e. The lowest BCUT2D eigenvalue weighted by atomic mass is 10.0. The van der Waals surface area contributed by atoms with Gasteiger partial charge in [-0.25, -0.2) is 9.48 Å². The van der Waals surface area contributed by atoms with Gasteiger partial charge in [-0.05, 0) is 41.0 Å². The van der Waals surface area contributed by atoms with Gasteiger partial charge in [-0.1, -0.05) is 36.4 Å². The number of ether oxygens (including phenoxy) is 1. The molecule has 4 aromatic rings. The van der Waals surface area contributed by atoms with E-state index in [9.17, 15) is 15.0 Å². The molecule has 0 aliphatic heterocycles. The molecule has 0 fully saturated rings. The molecule has 0 atom stereocenters. The zero-order valence-corrected chi connectivity index (χ0v) is 17.4. The molecule has 3 aromatic carbocycles. The summed E-state index contributed by atoms with van der Waals surface area (Å²) in [7, 11) is 0. The number of carboxylic acid groups (broad SMARTS) is 1. The van der Waals surface area contributed by atoms with Gasteiger partial charge in [0.05, 0.1) is 0 Å². The maximum atomic E-state index is 10.8. The van der Waals surface area contributed by atoms with Crippen LogP contribution in [-0.2, 0) is 11.2 Å². The number of carbonyl (C=O) groups is 1. The Labute approximate surface area is 182 Å². The molecule has 158 valence electrons. The summed E-state index contributed by atoms with van der Waals surface area (Å²) in [6, 6.07) is 13.8. The smallest absolute Gasteiger partial charge is 0.341 e. The van der Waals surface area contributed by atoms with Crippen molar-refractivity contribution < 1.29 is 24.9 Å². The van der Waals surface area contributed by atoms with E-state index in [1.807, 2.05) is 31.2 Å². The Morgan fingerprint density at radius 1 is 1.13 bits per heavy atom. The minimum Gasteiger partial charge on any atom is -0.508 e. The third-order valence-electron chi connectivity index (χ3n) is 4.91. The summed E-state index contributed by atoms with van der Waals surface area (Å²) in [5, 5.41) is 39.6. The molecule has 0 aliphatic rings. The summed E-state index contributed by atoms with van der Waals surface area (Å²) in [4.78, 5) is 10.8. The summed E-state index contributed by atoms with van der Waals surface area (Å²) >= 11 is 4.47. The zero-order valence-electron chi connectivity index (χ0n) is 16.5. The van der Waals surface area contributed by atoms with Crippen molar-refractivity contribution in [2.75, 3.05) is 6.61 Å². The largest absolute Gasteiger partial charge is 0.508 e. The van der Waals surface area contributed by atoms with Gasteiger partial charge in [-0.2, -0.15) is 0 Å². The van der Waals surface area contributed by atoms with Gasteiger partial charge in [0, 0.05) is 11.6 Å². The van der Waals surface area contributed by atoms with Crippen LogP contribution in [0.25, 0.3) is 27.7 Å². The number of benzene rings is 3. The van der Waals surface area contributed by atoms with Gasteiger partial charge in [0.1, 0.15) is 33.7 Å². The number of phenols is 2. The monoisotopic (exact) mass is 437 g/mol. The van der Waals surface area contributed by atoms with Crippen LogP contribution in [0.2, 0.25) is 0 Å². The molecular weight excluding hydrogens is 418 g/mol. The number of nitrogens with zero attached hydrogens (tertiary/aromatic N) is 3. The quantitative estimate of drug-likeness (QED) is 0.339. The van der Waals surface area contributed by atoms with Crippen molar-refractivity contribution in [3.63, 3.8) is 0 Å². The number of aromatic hydroxyl groups is 2. The number of rotatable bonds is 6.